The molecule has 2 aromatic heterocycles. The van der Waals surface area contributed by atoms with Crippen molar-refractivity contribution in [1.29, 1.82) is 0 Å². The smallest absolute Gasteiger partial charge is 0.272 e. The molecule has 1 saturated heterocycles. The van der Waals surface area contributed by atoms with Gasteiger partial charge in [0.15, 0.2) is 0 Å². The predicted molar refractivity (Wildman–Crippen MR) is 81.9 cm³/mol. The molecule has 1 unspecified atom stereocenters. The maximum absolute atomic E-state index is 14.2. The number of piperidine rings is 1. The van der Waals surface area contributed by atoms with Crippen LogP contribution in [0.25, 0.3) is 0 Å². The SMILES string of the molecule is Cn1nccc1C(=O)N1CCC(F)(F)C(COc2ccccn2)C1. The zero-order valence-electron chi connectivity index (χ0n) is 13.2. The van der Waals surface area contributed by atoms with Gasteiger partial charge in [-0.25, -0.2) is 13.8 Å². The summed E-state index contributed by atoms with van der Waals surface area (Å²) in [4.78, 5) is 17.9. The number of halogens is 2. The summed E-state index contributed by atoms with van der Waals surface area (Å²) in [7, 11) is 1.65. The number of nitrogens with zero attached hydrogens (tertiary/aromatic N) is 4. The van der Waals surface area contributed by atoms with Crippen molar-refractivity contribution in [1.82, 2.24) is 19.7 Å². The van der Waals surface area contributed by atoms with E-state index in [1.54, 1.807) is 31.3 Å². The van der Waals surface area contributed by atoms with Gasteiger partial charge >= 0.3 is 0 Å². The molecule has 1 atom stereocenters. The van der Waals surface area contributed by atoms with Crippen LogP contribution in [-0.4, -0.2) is 51.2 Å². The maximum atomic E-state index is 14.2. The number of amides is 1. The second kappa shape index (κ2) is 6.54. The lowest BCUT2D eigenvalue weighted by atomic mass is 9.94. The number of pyridine rings is 1. The number of ether oxygens (including phenoxy) is 1. The van der Waals surface area contributed by atoms with Gasteiger partial charge < -0.3 is 9.64 Å². The van der Waals surface area contributed by atoms with Gasteiger partial charge in [0.1, 0.15) is 12.3 Å². The molecule has 0 radical (unpaired) electrons. The number of carbonyl (C=O) groups is 1. The quantitative estimate of drug-likeness (QED) is 0.857. The third kappa shape index (κ3) is 3.37. The Hall–Kier alpha value is -2.51. The number of carbonyl (C=O) groups excluding carboxylic acids is 1. The zero-order valence-corrected chi connectivity index (χ0v) is 13.2. The summed E-state index contributed by atoms with van der Waals surface area (Å²) in [6.07, 6.45) is 2.66. The van der Waals surface area contributed by atoms with Crippen molar-refractivity contribution < 1.29 is 18.3 Å². The molecule has 0 saturated carbocycles. The lowest BCUT2D eigenvalue weighted by Gasteiger charge is -2.38. The molecular weight excluding hydrogens is 318 g/mol. The summed E-state index contributed by atoms with van der Waals surface area (Å²) < 4.78 is 35.2. The Bertz CT molecular complexity index is 705. The topological polar surface area (TPSA) is 60.2 Å². The Morgan fingerprint density at radius 1 is 1.38 bits per heavy atom. The predicted octanol–water partition coefficient (Wildman–Crippen LogP) is 1.99. The summed E-state index contributed by atoms with van der Waals surface area (Å²) >= 11 is 0. The number of hydrogen-bond acceptors (Lipinski definition) is 4. The molecular formula is C16H18F2N4O2. The van der Waals surface area contributed by atoms with E-state index in [1.165, 1.54) is 22.0 Å². The van der Waals surface area contributed by atoms with E-state index in [-0.39, 0.29) is 32.0 Å². The Kier molecular flexibility index (Phi) is 4.46. The monoisotopic (exact) mass is 336 g/mol. The van der Waals surface area contributed by atoms with E-state index in [4.69, 9.17) is 4.74 Å². The molecule has 3 heterocycles. The van der Waals surface area contributed by atoms with Crippen LogP contribution in [0.1, 0.15) is 16.9 Å². The molecule has 3 rings (SSSR count). The van der Waals surface area contributed by atoms with Crippen LogP contribution in [0.2, 0.25) is 0 Å². The first-order valence-corrected chi connectivity index (χ1v) is 7.66. The average molecular weight is 336 g/mol. The number of aryl methyl sites for hydroxylation is 1. The van der Waals surface area contributed by atoms with Crippen LogP contribution < -0.4 is 4.74 Å². The second-order valence-corrected chi connectivity index (χ2v) is 5.78. The minimum atomic E-state index is -2.88. The molecule has 0 aliphatic carbocycles. The molecule has 1 fully saturated rings. The molecule has 0 aromatic carbocycles. The number of hydrogen-bond donors (Lipinski definition) is 0. The van der Waals surface area contributed by atoms with E-state index >= 15 is 0 Å². The van der Waals surface area contributed by atoms with Gasteiger partial charge in [-0.2, -0.15) is 5.10 Å². The third-order valence-electron chi connectivity index (χ3n) is 4.15. The highest BCUT2D eigenvalue weighted by atomic mass is 19.3. The van der Waals surface area contributed by atoms with Crippen molar-refractivity contribution in [2.45, 2.75) is 12.3 Å². The minimum absolute atomic E-state index is 0.0110. The molecule has 0 N–H and O–H groups in total. The van der Waals surface area contributed by atoms with E-state index in [2.05, 4.69) is 10.1 Å². The number of alkyl halides is 2. The van der Waals surface area contributed by atoms with E-state index in [0.29, 0.717) is 11.6 Å². The Morgan fingerprint density at radius 2 is 2.21 bits per heavy atom. The van der Waals surface area contributed by atoms with Crippen LogP contribution in [0.4, 0.5) is 8.78 Å². The van der Waals surface area contributed by atoms with E-state index in [1.807, 2.05) is 0 Å². The van der Waals surface area contributed by atoms with Gasteiger partial charge in [0.25, 0.3) is 11.8 Å². The van der Waals surface area contributed by atoms with Gasteiger partial charge in [-0.3, -0.25) is 9.48 Å². The number of rotatable bonds is 4. The van der Waals surface area contributed by atoms with Crippen LogP contribution in [0.5, 0.6) is 5.88 Å². The minimum Gasteiger partial charge on any atom is -0.477 e. The highest BCUT2D eigenvalue weighted by Crippen LogP contribution is 2.34. The zero-order chi connectivity index (χ0) is 17.2. The van der Waals surface area contributed by atoms with Crippen molar-refractivity contribution in [2.75, 3.05) is 19.7 Å². The van der Waals surface area contributed by atoms with Crippen molar-refractivity contribution >= 4 is 5.91 Å². The molecule has 0 bridgehead atoms. The summed E-state index contributed by atoms with van der Waals surface area (Å²) in [5.74, 6) is -3.96. The highest BCUT2D eigenvalue weighted by molar-refractivity contribution is 5.92. The lowest BCUT2D eigenvalue weighted by molar-refractivity contribution is -0.110. The number of likely N-dealkylation sites (tertiary alicyclic amines) is 1. The number of aromatic nitrogens is 3. The molecule has 6 nitrogen and oxygen atoms in total. The van der Waals surface area contributed by atoms with E-state index < -0.39 is 11.8 Å². The molecule has 1 aliphatic rings. The van der Waals surface area contributed by atoms with Gasteiger partial charge in [0.2, 0.25) is 5.88 Å². The van der Waals surface area contributed by atoms with Gasteiger partial charge in [-0.15, -0.1) is 0 Å². The highest BCUT2D eigenvalue weighted by Gasteiger charge is 2.45. The first-order chi connectivity index (χ1) is 11.5. The normalized spacial score (nSPS) is 20.0. The summed E-state index contributed by atoms with van der Waals surface area (Å²) in [5.41, 5.74) is 0.379. The largest absolute Gasteiger partial charge is 0.477 e. The summed E-state index contributed by atoms with van der Waals surface area (Å²) in [6.45, 7) is -0.250. The fourth-order valence-corrected chi connectivity index (χ4v) is 2.70. The fourth-order valence-electron chi connectivity index (χ4n) is 2.70. The van der Waals surface area contributed by atoms with Crippen LogP contribution in [0.15, 0.2) is 36.7 Å². The van der Waals surface area contributed by atoms with Gasteiger partial charge in [0.05, 0.1) is 5.92 Å². The van der Waals surface area contributed by atoms with Gasteiger partial charge in [-0.1, -0.05) is 6.07 Å². The van der Waals surface area contributed by atoms with Crippen LogP contribution in [0, 0.1) is 5.92 Å². The van der Waals surface area contributed by atoms with Crippen LogP contribution in [0.3, 0.4) is 0 Å². The van der Waals surface area contributed by atoms with Crippen molar-refractivity contribution in [3.05, 3.63) is 42.4 Å². The maximum Gasteiger partial charge on any atom is 0.272 e. The summed E-state index contributed by atoms with van der Waals surface area (Å²) in [5, 5.41) is 3.94. The second-order valence-electron chi connectivity index (χ2n) is 5.78. The van der Waals surface area contributed by atoms with Crippen molar-refractivity contribution in [3.63, 3.8) is 0 Å². The molecule has 8 heteroatoms. The van der Waals surface area contributed by atoms with Crippen molar-refractivity contribution in [3.8, 4) is 5.88 Å². The van der Waals surface area contributed by atoms with Gasteiger partial charge in [0, 0.05) is 45.0 Å². The van der Waals surface area contributed by atoms with Crippen LogP contribution in [-0.2, 0) is 7.05 Å². The lowest BCUT2D eigenvalue weighted by Crippen LogP contribution is -2.51. The third-order valence-corrected chi connectivity index (χ3v) is 4.15. The molecule has 1 amide bonds. The molecule has 1 aliphatic heterocycles. The first-order valence-electron chi connectivity index (χ1n) is 7.66. The fraction of sp³-hybridized carbons (Fsp3) is 0.438. The molecule has 24 heavy (non-hydrogen) atoms. The average Bonchev–Trinajstić information content (AvgIpc) is 3.00. The molecule has 0 spiro atoms. The van der Waals surface area contributed by atoms with Crippen molar-refractivity contribution in [2.24, 2.45) is 13.0 Å². The molecule has 2 aromatic rings. The summed E-state index contributed by atoms with van der Waals surface area (Å²) in [6, 6.07) is 6.63. The van der Waals surface area contributed by atoms with E-state index in [9.17, 15) is 13.6 Å². The van der Waals surface area contributed by atoms with E-state index in [0.717, 1.165) is 0 Å². The first kappa shape index (κ1) is 16.4. The standard InChI is InChI=1S/C16H18F2N4O2/c1-21-13(5-8-20-21)15(23)22-9-6-16(17,18)12(10-22)11-24-14-4-2-3-7-19-14/h2-5,7-8,12H,6,9-11H2,1H3. The Labute approximate surface area is 138 Å². The van der Waals surface area contributed by atoms with Crippen LogP contribution >= 0.6 is 0 Å². The van der Waals surface area contributed by atoms with Gasteiger partial charge in [-0.05, 0) is 12.1 Å². The Balaban J connectivity index is 1.68. The molecule has 128 valence electrons. The Morgan fingerprint density at radius 3 is 2.88 bits per heavy atom.